The lowest BCUT2D eigenvalue weighted by Gasteiger charge is -2.12. The van der Waals surface area contributed by atoms with Gasteiger partial charge in [0.05, 0.1) is 12.3 Å². The third-order valence-electron chi connectivity index (χ3n) is 4.61. The second kappa shape index (κ2) is 7.05. The Bertz CT molecular complexity index is 917. The molecule has 2 aromatic carbocycles. The molecule has 1 atom stereocenters. The molecule has 0 radical (unpaired) electrons. The summed E-state index contributed by atoms with van der Waals surface area (Å²) in [6.07, 6.45) is 2.53. The zero-order chi connectivity index (χ0) is 17.9. The molecule has 0 aliphatic carbocycles. The number of tetrazole rings is 1. The van der Waals surface area contributed by atoms with Crippen LogP contribution < -0.4 is 5.32 Å². The van der Waals surface area contributed by atoms with Gasteiger partial charge in [0.2, 0.25) is 0 Å². The number of hydrogen-bond donors (Lipinski definition) is 1. The molecule has 26 heavy (non-hydrogen) atoms. The average molecular weight is 349 g/mol. The highest BCUT2D eigenvalue weighted by Crippen LogP contribution is 2.26. The minimum absolute atomic E-state index is 0.141. The molecule has 1 amide bonds. The van der Waals surface area contributed by atoms with Crippen molar-refractivity contribution in [3.63, 3.8) is 0 Å². The molecule has 4 rings (SSSR count). The number of nitrogens with zero attached hydrogens (tertiary/aromatic N) is 4. The number of benzene rings is 2. The third kappa shape index (κ3) is 3.34. The number of nitrogens with one attached hydrogen (secondary N) is 1. The van der Waals surface area contributed by atoms with Gasteiger partial charge >= 0.3 is 0 Å². The molecule has 0 saturated carbocycles. The number of aromatic nitrogens is 4. The molecule has 132 valence electrons. The van der Waals surface area contributed by atoms with Crippen molar-refractivity contribution in [3.8, 4) is 5.69 Å². The summed E-state index contributed by atoms with van der Waals surface area (Å²) in [6.45, 7) is 3.47. The Labute approximate surface area is 151 Å². The number of carbonyl (C=O) groups is 1. The zero-order valence-electron chi connectivity index (χ0n) is 14.4. The van der Waals surface area contributed by atoms with Gasteiger partial charge in [0.25, 0.3) is 5.91 Å². The highest BCUT2D eigenvalue weighted by atomic mass is 16.5. The Morgan fingerprint density at radius 2 is 2.19 bits per heavy atom. The van der Waals surface area contributed by atoms with E-state index < -0.39 is 0 Å². The normalized spacial score (nSPS) is 16.6. The summed E-state index contributed by atoms with van der Waals surface area (Å²) in [7, 11) is 0. The lowest BCUT2D eigenvalue weighted by Crippen LogP contribution is -2.13. The maximum atomic E-state index is 12.7. The first kappa shape index (κ1) is 16.4. The highest BCUT2D eigenvalue weighted by molar-refractivity contribution is 6.04. The van der Waals surface area contributed by atoms with E-state index in [9.17, 15) is 4.79 Å². The molecule has 1 unspecified atom stereocenters. The molecule has 1 aromatic heterocycles. The predicted octanol–water partition coefficient (Wildman–Crippen LogP) is 2.73. The molecule has 0 bridgehead atoms. The first-order chi connectivity index (χ1) is 12.7. The average Bonchev–Trinajstić information content (AvgIpc) is 3.37. The fraction of sp³-hybridized carbons (Fsp3) is 0.263. The zero-order valence-corrected chi connectivity index (χ0v) is 14.4. The number of amides is 1. The Kier molecular flexibility index (Phi) is 4.45. The fourth-order valence-electron chi connectivity index (χ4n) is 3.14. The fourth-order valence-corrected chi connectivity index (χ4v) is 3.14. The van der Waals surface area contributed by atoms with Crippen LogP contribution in [0.1, 0.15) is 33.8 Å². The van der Waals surface area contributed by atoms with E-state index >= 15 is 0 Å². The summed E-state index contributed by atoms with van der Waals surface area (Å²) in [6, 6.07) is 13.4. The van der Waals surface area contributed by atoms with Gasteiger partial charge in [-0.15, -0.1) is 5.10 Å². The van der Waals surface area contributed by atoms with Crippen LogP contribution in [0.25, 0.3) is 5.69 Å². The largest absolute Gasteiger partial charge is 0.381 e. The van der Waals surface area contributed by atoms with Crippen molar-refractivity contribution in [2.75, 3.05) is 18.5 Å². The third-order valence-corrected chi connectivity index (χ3v) is 4.61. The maximum absolute atomic E-state index is 12.7. The lowest BCUT2D eigenvalue weighted by molar-refractivity contribution is 0.102. The van der Waals surface area contributed by atoms with Crippen LogP contribution in [0, 0.1) is 6.92 Å². The van der Waals surface area contributed by atoms with E-state index in [0.29, 0.717) is 17.2 Å². The van der Waals surface area contributed by atoms with E-state index in [1.807, 2.05) is 43.3 Å². The van der Waals surface area contributed by atoms with Gasteiger partial charge in [-0.25, -0.2) is 4.68 Å². The SMILES string of the molecule is Cc1ccc(NC(=O)c2cccc(C3CCOC3)c2)cc1-n1cnnn1. The molecule has 7 heteroatoms. The van der Waals surface area contributed by atoms with Gasteiger partial charge in [0, 0.05) is 23.8 Å². The predicted molar refractivity (Wildman–Crippen MR) is 96.5 cm³/mol. The first-order valence-corrected chi connectivity index (χ1v) is 8.54. The van der Waals surface area contributed by atoms with Crippen LogP contribution >= 0.6 is 0 Å². The van der Waals surface area contributed by atoms with Crippen LogP contribution in [-0.2, 0) is 4.74 Å². The molecular weight excluding hydrogens is 330 g/mol. The van der Waals surface area contributed by atoms with Gasteiger partial charge in [-0.05, 0) is 59.2 Å². The highest BCUT2D eigenvalue weighted by Gasteiger charge is 2.19. The van der Waals surface area contributed by atoms with Crippen LogP contribution in [0.4, 0.5) is 5.69 Å². The summed E-state index contributed by atoms with van der Waals surface area (Å²) < 4.78 is 7.02. The molecule has 7 nitrogen and oxygen atoms in total. The Morgan fingerprint density at radius 1 is 1.27 bits per heavy atom. The standard InChI is InChI=1S/C19H19N5O2/c1-13-5-6-17(10-18(13)24-12-20-22-23-24)21-19(25)15-4-2-3-14(9-15)16-7-8-26-11-16/h2-6,9-10,12,16H,7-8,11H2,1H3,(H,21,25). The van der Waals surface area contributed by atoms with Crippen molar-refractivity contribution in [1.82, 2.24) is 20.2 Å². The van der Waals surface area contributed by atoms with Crippen LogP contribution in [0.5, 0.6) is 0 Å². The summed E-state index contributed by atoms with van der Waals surface area (Å²) in [5, 5.41) is 14.2. The Balaban J connectivity index is 1.55. The summed E-state index contributed by atoms with van der Waals surface area (Å²) in [4.78, 5) is 12.7. The van der Waals surface area contributed by atoms with Crippen LogP contribution in [0.2, 0.25) is 0 Å². The lowest BCUT2D eigenvalue weighted by atomic mass is 9.96. The molecule has 1 fully saturated rings. The number of rotatable bonds is 4. The topological polar surface area (TPSA) is 81.9 Å². The summed E-state index contributed by atoms with van der Waals surface area (Å²) in [5.41, 5.74) is 4.32. The van der Waals surface area contributed by atoms with Crippen LogP contribution in [0.15, 0.2) is 48.8 Å². The summed E-state index contributed by atoms with van der Waals surface area (Å²) >= 11 is 0. The van der Waals surface area contributed by atoms with E-state index in [-0.39, 0.29) is 5.91 Å². The van der Waals surface area contributed by atoms with E-state index in [4.69, 9.17) is 4.74 Å². The molecule has 0 spiro atoms. The van der Waals surface area contributed by atoms with Crippen molar-refractivity contribution >= 4 is 11.6 Å². The van der Waals surface area contributed by atoms with Crippen LogP contribution in [-0.4, -0.2) is 39.3 Å². The van der Waals surface area contributed by atoms with Gasteiger partial charge in [-0.1, -0.05) is 18.2 Å². The Morgan fingerprint density at radius 3 is 2.96 bits per heavy atom. The van der Waals surface area contributed by atoms with Gasteiger partial charge in [-0.2, -0.15) is 0 Å². The van der Waals surface area contributed by atoms with Gasteiger partial charge < -0.3 is 10.1 Å². The molecule has 1 saturated heterocycles. The second-order valence-corrected chi connectivity index (χ2v) is 6.40. The van der Waals surface area contributed by atoms with Gasteiger partial charge in [0.15, 0.2) is 0 Å². The van der Waals surface area contributed by atoms with E-state index in [0.717, 1.165) is 36.4 Å². The van der Waals surface area contributed by atoms with Crippen molar-refractivity contribution in [3.05, 3.63) is 65.5 Å². The number of ether oxygens (including phenoxy) is 1. The Hall–Kier alpha value is -3.06. The maximum Gasteiger partial charge on any atom is 0.255 e. The van der Waals surface area contributed by atoms with E-state index in [2.05, 4.69) is 26.9 Å². The van der Waals surface area contributed by atoms with Crippen molar-refractivity contribution in [2.45, 2.75) is 19.3 Å². The van der Waals surface area contributed by atoms with E-state index in [1.165, 1.54) is 6.33 Å². The minimum Gasteiger partial charge on any atom is -0.381 e. The van der Waals surface area contributed by atoms with Gasteiger partial charge in [-0.3, -0.25) is 4.79 Å². The number of aryl methyl sites for hydroxylation is 1. The minimum atomic E-state index is -0.141. The summed E-state index contributed by atoms with van der Waals surface area (Å²) in [5.74, 6) is 0.228. The van der Waals surface area contributed by atoms with Crippen LogP contribution in [0.3, 0.4) is 0 Å². The smallest absolute Gasteiger partial charge is 0.255 e. The second-order valence-electron chi connectivity index (χ2n) is 6.40. The molecule has 3 aromatic rings. The molecular formula is C19H19N5O2. The monoisotopic (exact) mass is 349 g/mol. The molecule has 2 heterocycles. The quantitative estimate of drug-likeness (QED) is 0.783. The number of hydrogen-bond acceptors (Lipinski definition) is 5. The van der Waals surface area contributed by atoms with Crippen molar-refractivity contribution < 1.29 is 9.53 Å². The van der Waals surface area contributed by atoms with E-state index in [1.54, 1.807) is 4.68 Å². The number of anilines is 1. The molecule has 1 aliphatic heterocycles. The molecule has 1 aliphatic rings. The van der Waals surface area contributed by atoms with Crippen molar-refractivity contribution in [1.29, 1.82) is 0 Å². The number of carbonyl (C=O) groups excluding carboxylic acids is 1. The molecule has 1 N–H and O–H groups in total. The van der Waals surface area contributed by atoms with Crippen molar-refractivity contribution in [2.24, 2.45) is 0 Å². The first-order valence-electron chi connectivity index (χ1n) is 8.54. The van der Waals surface area contributed by atoms with Gasteiger partial charge in [0.1, 0.15) is 6.33 Å².